The molecule has 0 radical (unpaired) electrons. The van der Waals surface area contributed by atoms with Crippen LogP contribution < -0.4 is 0 Å². The second kappa shape index (κ2) is 6.29. The number of rotatable bonds is 5. The van der Waals surface area contributed by atoms with Crippen molar-refractivity contribution in [3.05, 3.63) is 0 Å². The number of nitrogens with zero attached hydrogens (tertiary/aromatic N) is 2. The van der Waals surface area contributed by atoms with E-state index >= 15 is 0 Å². The van der Waals surface area contributed by atoms with Crippen LogP contribution in [0.15, 0.2) is 0 Å². The van der Waals surface area contributed by atoms with Crippen LogP contribution >= 0.6 is 0 Å². The van der Waals surface area contributed by atoms with E-state index in [1.165, 1.54) is 7.05 Å². The first-order valence-electron chi connectivity index (χ1n) is 6.05. The largest absolute Gasteiger partial charge is 0.480 e. The summed E-state index contributed by atoms with van der Waals surface area (Å²) in [5.74, 6) is -1.47. The van der Waals surface area contributed by atoms with Crippen LogP contribution in [-0.2, 0) is 4.79 Å². The van der Waals surface area contributed by atoms with Crippen molar-refractivity contribution in [1.29, 1.82) is 0 Å². The Labute approximate surface area is 113 Å². The van der Waals surface area contributed by atoms with Crippen LogP contribution in [0.25, 0.3) is 0 Å². The summed E-state index contributed by atoms with van der Waals surface area (Å²) in [6.07, 6.45) is -4.08. The van der Waals surface area contributed by atoms with Crippen LogP contribution in [0.2, 0.25) is 0 Å². The average Bonchev–Trinajstić information content (AvgIpc) is 2.22. The van der Waals surface area contributed by atoms with Crippen molar-refractivity contribution in [2.75, 3.05) is 26.7 Å². The van der Waals surface area contributed by atoms with Crippen LogP contribution in [0, 0.1) is 5.92 Å². The number of carbonyl (C=O) groups is 2. The Kier molecular flexibility index (Phi) is 5.21. The summed E-state index contributed by atoms with van der Waals surface area (Å²) in [6.45, 7) is -2.41. The van der Waals surface area contributed by atoms with E-state index in [0.29, 0.717) is 12.8 Å². The Bertz CT molecular complexity index is 369. The molecule has 0 unspecified atom stereocenters. The fourth-order valence-corrected chi connectivity index (χ4v) is 2.13. The Morgan fingerprint density at radius 1 is 1.30 bits per heavy atom. The summed E-state index contributed by atoms with van der Waals surface area (Å²) in [4.78, 5) is 23.7. The zero-order valence-corrected chi connectivity index (χ0v) is 10.9. The van der Waals surface area contributed by atoms with Crippen LogP contribution in [0.3, 0.4) is 0 Å². The van der Waals surface area contributed by atoms with Crippen LogP contribution in [0.4, 0.5) is 18.0 Å². The predicted molar refractivity (Wildman–Crippen MR) is 62.0 cm³/mol. The van der Waals surface area contributed by atoms with Gasteiger partial charge in [0.25, 0.3) is 0 Å². The predicted octanol–water partition coefficient (Wildman–Crippen LogP) is 0.758. The van der Waals surface area contributed by atoms with Crippen molar-refractivity contribution in [2.24, 2.45) is 5.92 Å². The van der Waals surface area contributed by atoms with Crippen molar-refractivity contribution >= 4 is 12.0 Å². The number of aliphatic carboxylic acids is 1. The Morgan fingerprint density at radius 2 is 1.85 bits per heavy atom. The number of halogens is 3. The molecule has 0 aromatic carbocycles. The van der Waals surface area contributed by atoms with Gasteiger partial charge in [0.15, 0.2) is 0 Å². The van der Waals surface area contributed by atoms with Crippen molar-refractivity contribution < 1.29 is 33.0 Å². The van der Waals surface area contributed by atoms with Gasteiger partial charge >= 0.3 is 18.2 Å². The van der Waals surface area contributed by atoms with Gasteiger partial charge in [0.1, 0.15) is 13.1 Å². The lowest BCUT2D eigenvalue weighted by atomic mass is 9.82. The number of aliphatic hydroxyl groups excluding tert-OH is 1. The fourth-order valence-electron chi connectivity index (χ4n) is 2.13. The third kappa shape index (κ3) is 5.24. The number of carboxylic acid groups (broad SMARTS) is 1. The molecule has 1 aliphatic rings. The SMILES string of the molecule is CN(CC1CC(O)C1)C(=O)N(CC(=O)O)CC(F)(F)F. The summed E-state index contributed by atoms with van der Waals surface area (Å²) >= 11 is 0. The van der Waals surface area contributed by atoms with Gasteiger partial charge in [-0.15, -0.1) is 0 Å². The molecule has 2 N–H and O–H groups in total. The maximum atomic E-state index is 12.3. The lowest BCUT2D eigenvalue weighted by Gasteiger charge is -2.36. The number of carboxylic acids is 1. The van der Waals surface area contributed by atoms with Crippen LogP contribution in [0.5, 0.6) is 0 Å². The maximum absolute atomic E-state index is 12.3. The molecule has 20 heavy (non-hydrogen) atoms. The number of aliphatic hydroxyl groups is 1. The van der Waals surface area contributed by atoms with Gasteiger partial charge in [0, 0.05) is 13.6 Å². The Hall–Kier alpha value is -1.51. The highest BCUT2D eigenvalue weighted by atomic mass is 19.4. The number of alkyl halides is 3. The molecule has 0 spiro atoms. The zero-order chi connectivity index (χ0) is 15.5. The maximum Gasteiger partial charge on any atom is 0.406 e. The lowest BCUT2D eigenvalue weighted by Crippen LogP contribution is -2.49. The van der Waals surface area contributed by atoms with Gasteiger partial charge in [0.05, 0.1) is 6.10 Å². The van der Waals surface area contributed by atoms with Gasteiger partial charge in [0.2, 0.25) is 0 Å². The number of hydrogen-bond acceptors (Lipinski definition) is 3. The quantitative estimate of drug-likeness (QED) is 0.785. The van der Waals surface area contributed by atoms with Crippen LogP contribution in [-0.4, -0.2) is 71.0 Å². The number of amides is 2. The standard InChI is InChI=1S/C11H17F3N2O4/c1-15(4-7-2-8(17)3-7)10(20)16(5-9(18)19)6-11(12,13)14/h7-8,17H,2-6H2,1H3,(H,18,19). The van der Waals surface area contributed by atoms with E-state index in [1.54, 1.807) is 0 Å². The molecule has 0 bridgehead atoms. The van der Waals surface area contributed by atoms with E-state index in [0.717, 1.165) is 4.90 Å². The molecule has 1 fully saturated rings. The highest BCUT2D eigenvalue weighted by molar-refractivity contribution is 5.80. The highest BCUT2D eigenvalue weighted by Gasteiger charge is 2.36. The molecule has 0 saturated heterocycles. The van der Waals surface area contributed by atoms with Gasteiger partial charge in [-0.1, -0.05) is 0 Å². The van der Waals surface area contributed by atoms with Gasteiger partial charge in [-0.25, -0.2) is 4.79 Å². The minimum absolute atomic E-state index is 0.0384. The van der Waals surface area contributed by atoms with E-state index in [-0.39, 0.29) is 17.4 Å². The topological polar surface area (TPSA) is 81.1 Å². The van der Waals surface area contributed by atoms with Crippen molar-refractivity contribution in [3.8, 4) is 0 Å². The summed E-state index contributed by atoms with van der Waals surface area (Å²) < 4.78 is 37.0. The minimum Gasteiger partial charge on any atom is -0.480 e. The zero-order valence-electron chi connectivity index (χ0n) is 10.9. The third-order valence-corrected chi connectivity index (χ3v) is 3.04. The summed E-state index contributed by atoms with van der Waals surface area (Å²) in [6, 6.07) is -0.980. The van der Waals surface area contributed by atoms with Crippen LogP contribution in [0.1, 0.15) is 12.8 Å². The Morgan fingerprint density at radius 3 is 2.25 bits per heavy atom. The molecule has 0 aromatic rings. The molecule has 1 saturated carbocycles. The number of urea groups is 1. The smallest absolute Gasteiger partial charge is 0.406 e. The van der Waals surface area contributed by atoms with Gasteiger partial charge in [-0.05, 0) is 18.8 Å². The normalized spacial score (nSPS) is 22.1. The highest BCUT2D eigenvalue weighted by Crippen LogP contribution is 2.28. The minimum atomic E-state index is -4.65. The fraction of sp³-hybridized carbons (Fsp3) is 0.818. The second-order valence-corrected chi connectivity index (χ2v) is 5.02. The molecular weight excluding hydrogens is 281 g/mol. The van der Waals surface area contributed by atoms with Gasteiger partial charge in [-0.3, -0.25) is 4.79 Å². The van der Waals surface area contributed by atoms with Crippen molar-refractivity contribution in [1.82, 2.24) is 9.80 Å². The lowest BCUT2D eigenvalue weighted by molar-refractivity contribution is -0.149. The number of carbonyl (C=O) groups excluding carboxylic acids is 1. The van der Waals surface area contributed by atoms with Crippen molar-refractivity contribution in [3.63, 3.8) is 0 Å². The van der Waals surface area contributed by atoms with Gasteiger partial charge < -0.3 is 20.0 Å². The summed E-state index contributed by atoms with van der Waals surface area (Å²) in [7, 11) is 1.32. The third-order valence-electron chi connectivity index (χ3n) is 3.04. The molecule has 1 rings (SSSR count). The molecular formula is C11H17F3N2O4. The second-order valence-electron chi connectivity index (χ2n) is 5.02. The first kappa shape index (κ1) is 16.5. The Balaban J connectivity index is 2.58. The molecule has 0 atom stereocenters. The first-order valence-corrected chi connectivity index (χ1v) is 6.05. The van der Waals surface area contributed by atoms with E-state index in [1.807, 2.05) is 0 Å². The van der Waals surface area contributed by atoms with E-state index < -0.39 is 37.4 Å². The molecule has 0 aromatic heterocycles. The van der Waals surface area contributed by atoms with E-state index in [2.05, 4.69) is 0 Å². The average molecular weight is 298 g/mol. The molecule has 2 amide bonds. The molecule has 6 nitrogen and oxygen atoms in total. The molecule has 0 aliphatic heterocycles. The van der Waals surface area contributed by atoms with E-state index in [4.69, 9.17) is 10.2 Å². The molecule has 116 valence electrons. The first-order chi connectivity index (χ1) is 9.08. The molecule has 9 heteroatoms. The monoisotopic (exact) mass is 298 g/mol. The van der Waals surface area contributed by atoms with Crippen molar-refractivity contribution in [2.45, 2.75) is 25.1 Å². The summed E-state index contributed by atoms with van der Waals surface area (Å²) in [5, 5.41) is 17.7. The van der Waals surface area contributed by atoms with Gasteiger partial charge in [-0.2, -0.15) is 13.2 Å². The van der Waals surface area contributed by atoms with E-state index in [9.17, 15) is 22.8 Å². The number of hydrogen-bond donors (Lipinski definition) is 2. The molecule has 1 aliphatic carbocycles. The summed E-state index contributed by atoms with van der Waals surface area (Å²) in [5.41, 5.74) is 0. The molecule has 0 heterocycles.